The standard InChI is InChI=1S/C23H22N4O2.C17H16ClN3O/c1-29-15-7-14(10-24-12-15)18-8-17-13(11-25-18)3-4-16-20-19(26-21(16)17)9-23(5-2-6-23)27-22(20)28;18-13-6-11-9(8-19-13)2-3-10-14-12(20-15(10)11)7-17(4-1-5-17)21-16(14)22/h7-8,10-12,26H,2-6,9H2,1H3,(H,27,28);6,8,20H,1-5,7H2,(H,21,22). The zero-order valence-corrected chi connectivity index (χ0v) is 29.2. The van der Waals surface area contributed by atoms with Gasteiger partial charge in [0.05, 0.1) is 41.5 Å². The largest absolute Gasteiger partial charge is 0.495 e. The van der Waals surface area contributed by atoms with Crippen LogP contribution < -0.4 is 15.4 Å². The Balaban J connectivity index is 0.000000133. The second-order valence-corrected chi connectivity index (χ2v) is 15.6. The molecule has 2 fully saturated rings. The van der Waals surface area contributed by atoms with Crippen LogP contribution in [0.4, 0.5) is 0 Å². The van der Waals surface area contributed by atoms with Crippen molar-refractivity contribution in [1.82, 2.24) is 35.6 Å². The molecule has 5 aromatic rings. The van der Waals surface area contributed by atoms with E-state index in [1.54, 1.807) is 19.5 Å². The highest BCUT2D eigenvalue weighted by molar-refractivity contribution is 6.29. The third-order valence-electron chi connectivity index (χ3n) is 12.2. The number of hydrogen-bond acceptors (Lipinski definition) is 6. The average molecular weight is 700 g/mol. The minimum Gasteiger partial charge on any atom is -0.495 e. The van der Waals surface area contributed by atoms with Gasteiger partial charge in [-0.1, -0.05) is 11.6 Å². The van der Waals surface area contributed by atoms with Crippen LogP contribution in [0.3, 0.4) is 0 Å². The Morgan fingerprint density at radius 3 is 1.82 bits per heavy atom. The minimum absolute atomic E-state index is 0.0102. The minimum atomic E-state index is -0.0178. The number of nitrogens with zero attached hydrogens (tertiary/aromatic N) is 3. The zero-order valence-electron chi connectivity index (χ0n) is 28.5. The number of carbonyl (C=O) groups excluding carboxylic acids is 2. The van der Waals surface area contributed by atoms with Gasteiger partial charge >= 0.3 is 0 Å². The Labute approximate surface area is 300 Å². The lowest BCUT2D eigenvalue weighted by Gasteiger charge is -2.45. The summed E-state index contributed by atoms with van der Waals surface area (Å²) in [4.78, 5) is 45.9. The first-order chi connectivity index (χ1) is 24.8. The fraction of sp³-hybridized carbons (Fsp3) is 0.375. The lowest BCUT2D eigenvalue weighted by Crippen LogP contribution is -2.58. The van der Waals surface area contributed by atoms with Crippen LogP contribution in [0.15, 0.2) is 43.0 Å². The first kappa shape index (κ1) is 30.8. The third kappa shape index (κ3) is 4.86. The maximum Gasteiger partial charge on any atom is 0.253 e. The fourth-order valence-electron chi connectivity index (χ4n) is 9.30. The van der Waals surface area contributed by atoms with Crippen LogP contribution in [0.25, 0.3) is 33.8 Å². The van der Waals surface area contributed by atoms with E-state index < -0.39 is 0 Å². The van der Waals surface area contributed by atoms with Crippen molar-refractivity contribution < 1.29 is 14.3 Å². The van der Waals surface area contributed by atoms with E-state index in [1.807, 2.05) is 24.5 Å². The molecule has 7 heterocycles. The number of carbonyl (C=O) groups is 2. The molecule has 0 bridgehead atoms. The fourth-order valence-corrected chi connectivity index (χ4v) is 9.46. The molecular formula is C40H38ClN7O3. The molecule has 11 heteroatoms. The summed E-state index contributed by atoms with van der Waals surface area (Å²) in [6.07, 6.45) is 19.5. The van der Waals surface area contributed by atoms with E-state index in [-0.39, 0.29) is 22.9 Å². The number of fused-ring (bicyclic) bond motifs is 10. The van der Waals surface area contributed by atoms with Crippen LogP contribution in [0, 0.1) is 0 Å². The molecular weight excluding hydrogens is 662 g/mol. The van der Waals surface area contributed by atoms with Crippen molar-refractivity contribution >= 4 is 23.4 Å². The summed E-state index contributed by atoms with van der Waals surface area (Å²) in [5, 5.41) is 7.06. The van der Waals surface area contributed by atoms with Gasteiger partial charge in [0.1, 0.15) is 10.9 Å². The van der Waals surface area contributed by atoms with Crippen molar-refractivity contribution in [2.24, 2.45) is 0 Å². The van der Waals surface area contributed by atoms with Crippen LogP contribution in [0.1, 0.15) is 92.9 Å². The first-order valence-electron chi connectivity index (χ1n) is 18.1. The van der Waals surface area contributed by atoms with Gasteiger partial charge in [0.15, 0.2) is 0 Å². The Bertz CT molecular complexity index is 2300. The van der Waals surface area contributed by atoms with Gasteiger partial charge < -0.3 is 25.3 Å². The first-order valence-corrected chi connectivity index (χ1v) is 18.4. The summed E-state index contributed by atoms with van der Waals surface area (Å²) in [5.41, 5.74) is 14.9. The molecule has 0 saturated heterocycles. The third-order valence-corrected chi connectivity index (χ3v) is 12.4. The number of H-pyrrole nitrogens is 2. The molecule has 4 aliphatic carbocycles. The Morgan fingerprint density at radius 1 is 0.706 bits per heavy atom. The second kappa shape index (κ2) is 11.3. The van der Waals surface area contributed by atoms with Crippen LogP contribution in [-0.4, -0.2) is 54.9 Å². The van der Waals surface area contributed by atoms with Crippen LogP contribution in [0.5, 0.6) is 5.75 Å². The van der Waals surface area contributed by atoms with Gasteiger partial charge in [0.2, 0.25) is 0 Å². The lowest BCUT2D eigenvalue weighted by molar-refractivity contribution is 0.0783. The van der Waals surface area contributed by atoms with Crippen molar-refractivity contribution in [3.8, 4) is 39.5 Å². The van der Waals surface area contributed by atoms with Crippen molar-refractivity contribution in [1.29, 1.82) is 0 Å². The molecule has 4 N–H and O–H groups in total. The van der Waals surface area contributed by atoms with Gasteiger partial charge in [-0.05, 0) is 105 Å². The molecule has 0 unspecified atom stereocenters. The van der Waals surface area contributed by atoms with E-state index in [9.17, 15) is 9.59 Å². The molecule has 2 amide bonds. The molecule has 10 nitrogen and oxygen atoms in total. The van der Waals surface area contributed by atoms with Crippen LogP contribution in [0.2, 0.25) is 5.15 Å². The molecule has 0 aromatic carbocycles. The highest BCUT2D eigenvalue weighted by Crippen LogP contribution is 2.45. The SMILES string of the molecule is COc1cncc(-c2cc3c(cn2)CCc2c-3[nH]c3c2C(=O)NC2(CCC2)C3)c1.O=C1NC2(CCC2)Cc2[nH]c3c(c21)CCc1cnc(Cl)cc1-3. The van der Waals surface area contributed by atoms with Gasteiger partial charge in [0, 0.05) is 70.6 Å². The number of aryl methyl sites for hydroxylation is 2. The molecule has 5 aromatic heterocycles. The summed E-state index contributed by atoms with van der Waals surface area (Å²) in [5.74, 6) is 0.903. The van der Waals surface area contributed by atoms with Crippen molar-refractivity contribution in [3.05, 3.63) is 92.9 Å². The predicted octanol–water partition coefficient (Wildman–Crippen LogP) is 6.49. The second-order valence-electron chi connectivity index (χ2n) is 15.2. The maximum atomic E-state index is 12.9. The summed E-state index contributed by atoms with van der Waals surface area (Å²) < 4.78 is 5.31. The number of methoxy groups -OCH3 is 1. The van der Waals surface area contributed by atoms with E-state index >= 15 is 0 Å². The molecule has 2 saturated carbocycles. The Kier molecular flexibility index (Phi) is 6.81. The molecule has 2 aliphatic heterocycles. The number of aromatic nitrogens is 5. The number of rotatable bonds is 2. The van der Waals surface area contributed by atoms with E-state index in [1.165, 1.54) is 24.0 Å². The smallest absolute Gasteiger partial charge is 0.253 e. The van der Waals surface area contributed by atoms with Crippen molar-refractivity contribution in [2.45, 2.75) is 88.1 Å². The molecule has 0 atom stereocenters. The molecule has 2 spiro atoms. The van der Waals surface area contributed by atoms with Crippen LogP contribution in [-0.2, 0) is 38.5 Å². The lowest BCUT2D eigenvalue weighted by atomic mass is 9.71. The number of ether oxygens (including phenoxy) is 1. The Hall–Kier alpha value is -4.96. The number of nitrogens with one attached hydrogen (secondary N) is 4. The molecule has 258 valence electrons. The Morgan fingerprint density at radius 2 is 1.27 bits per heavy atom. The van der Waals surface area contributed by atoms with Gasteiger partial charge in [-0.25, -0.2) is 4.98 Å². The van der Waals surface area contributed by atoms with Crippen molar-refractivity contribution in [3.63, 3.8) is 0 Å². The topological polar surface area (TPSA) is 138 Å². The summed E-state index contributed by atoms with van der Waals surface area (Å²) in [6, 6.07) is 5.97. The summed E-state index contributed by atoms with van der Waals surface area (Å²) in [7, 11) is 1.64. The van der Waals surface area contributed by atoms with Gasteiger partial charge in [-0.2, -0.15) is 0 Å². The number of amides is 2. The summed E-state index contributed by atoms with van der Waals surface area (Å²) >= 11 is 6.07. The number of halogens is 1. The van der Waals surface area contributed by atoms with Gasteiger partial charge in [-0.3, -0.25) is 19.6 Å². The van der Waals surface area contributed by atoms with Gasteiger partial charge in [0.25, 0.3) is 11.8 Å². The maximum absolute atomic E-state index is 12.9. The molecule has 0 radical (unpaired) electrons. The van der Waals surface area contributed by atoms with Gasteiger partial charge in [-0.15, -0.1) is 0 Å². The molecule has 6 aliphatic rings. The average Bonchev–Trinajstić information content (AvgIpc) is 3.69. The van der Waals surface area contributed by atoms with E-state index in [2.05, 4.69) is 41.6 Å². The van der Waals surface area contributed by atoms with E-state index in [0.717, 1.165) is 132 Å². The van der Waals surface area contributed by atoms with Crippen LogP contribution >= 0.6 is 11.6 Å². The van der Waals surface area contributed by atoms with E-state index in [4.69, 9.17) is 16.3 Å². The normalized spacial score (nSPS) is 19.3. The number of pyridine rings is 3. The molecule has 11 rings (SSSR count). The number of aromatic amines is 2. The predicted molar refractivity (Wildman–Crippen MR) is 193 cm³/mol. The summed E-state index contributed by atoms with van der Waals surface area (Å²) in [6.45, 7) is 0. The van der Waals surface area contributed by atoms with E-state index in [0.29, 0.717) is 10.9 Å². The van der Waals surface area contributed by atoms with Crippen molar-refractivity contribution in [2.75, 3.05) is 7.11 Å². The quantitative estimate of drug-likeness (QED) is 0.156. The number of hydrogen-bond donors (Lipinski definition) is 4. The zero-order chi connectivity index (χ0) is 34.5. The highest BCUT2D eigenvalue weighted by Gasteiger charge is 2.46. The highest BCUT2D eigenvalue weighted by atomic mass is 35.5. The molecule has 51 heavy (non-hydrogen) atoms. The monoisotopic (exact) mass is 699 g/mol.